The van der Waals surface area contributed by atoms with E-state index >= 15 is 0 Å². The molecule has 0 aromatic heterocycles. The van der Waals surface area contributed by atoms with Crippen molar-refractivity contribution in [1.82, 2.24) is 10.6 Å². The van der Waals surface area contributed by atoms with Crippen molar-refractivity contribution in [3.05, 3.63) is 35.9 Å². The van der Waals surface area contributed by atoms with E-state index in [1.165, 1.54) is 0 Å². The van der Waals surface area contributed by atoms with E-state index in [0.29, 0.717) is 12.8 Å². The minimum atomic E-state index is -0.946. The number of hydrogen-bond donors (Lipinski definition) is 2. The number of ether oxygens (including phenoxy) is 1. The van der Waals surface area contributed by atoms with Crippen LogP contribution in [0.1, 0.15) is 46.1 Å². The average molecular weight is 345 g/mol. The van der Waals surface area contributed by atoms with Crippen molar-refractivity contribution >= 4 is 12.0 Å². The lowest BCUT2D eigenvalue weighted by molar-refractivity contribution is -0.122. The van der Waals surface area contributed by atoms with Crippen molar-refractivity contribution in [1.29, 1.82) is 5.26 Å². The lowest BCUT2D eigenvalue weighted by Gasteiger charge is -2.23. The van der Waals surface area contributed by atoms with E-state index in [1.807, 2.05) is 30.3 Å². The Morgan fingerprint density at radius 3 is 2.36 bits per heavy atom. The molecule has 0 bridgehead atoms. The quantitative estimate of drug-likeness (QED) is 0.795. The van der Waals surface area contributed by atoms with Crippen LogP contribution in [0.3, 0.4) is 0 Å². The van der Waals surface area contributed by atoms with E-state index in [0.717, 1.165) is 5.56 Å². The van der Waals surface area contributed by atoms with E-state index in [4.69, 9.17) is 4.74 Å². The van der Waals surface area contributed by atoms with Crippen molar-refractivity contribution in [2.45, 2.75) is 58.1 Å². The highest BCUT2D eigenvalue weighted by Crippen LogP contribution is 2.14. The molecule has 6 nitrogen and oxygen atoms in total. The molecule has 0 heterocycles. The number of hydrogen-bond acceptors (Lipinski definition) is 4. The van der Waals surface area contributed by atoms with Gasteiger partial charge in [-0.2, -0.15) is 5.26 Å². The summed E-state index contributed by atoms with van der Waals surface area (Å²) in [7, 11) is 0. The van der Waals surface area contributed by atoms with Crippen LogP contribution in [0, 0.1) is 11.3 Å². The Morgan fingerprint density at radius 2 is 1.80 bits per heavy atom. The third kappa shape index (κ3) is 8.75. The lowest BCUT2D eigenvalue weighted by Crippen LogP contribution is -2.46. The van der Waals surface area contributed by atoms with Crippen LogP contribution in [0.25, 0.3) is 0 Å². The first kappa shape index (κ1) is 20.5. The summed E-state index contributed by atoms with van der Waals surface area (Å²) < 4.78 is 5.10. The van der Waals surface area contributed by atoms with E-state index in [9.17, 15) is 14.9 Å². The fourth-order valence-electron chi connectivity index (χ4n) is 2.15. The molecule has 25 heavy (non-hydrogen) atoms. The molecule has 0 saturated heterocycles. The van der Waals surface area contributed by atoms with Gasteiger partial charge >= 0.3 is 6.09 Å². The number of carbonyl (C=O) groups is 2. The minimum absolute atomic E-state index is 0.0852. The Balaban J connectivity index is 2.39. The van der Waals surface area contributed by atoms with Crippen molar-refractivity contribution in [3.63, 3.8) is 0 Å². The Kier molecular flexibility index (Phi) is 7.43. The largest absolute Gasteiger partial charge is 0.444 e. The topological polar surface area (TPSA) is 91.2 Å². The number of aryl methyl sites for hydroxylation is 1. The molecule has 2 amide bonds. The Morgan fingerprint density at radius 1 is 1.16 bits per heavy atom. The third-order valence-corrected chi connectivity index (χ3v) is 3.44. The van der Waals surface area contributed by atoms with Gasteiger partial charge < -0.3 is 15.4 Å². The monoisotopic (exact) mass is 345 g/mol. The first-order valence-corrected chi connectivity index (χ1v) is 8.37. The number of amides is 2. The molecule has 0 aliphatic heterocycles. The predicted octanol–water partition coefficient (Wildman–Crippen LogP) is 2.93. The zero-order chi connectivity index (χ0) is 18.9. The van der Waals surface area contributed by atoms with Gasteiger partial charge in [0.2, 0.25) is 5.91 Å². The smallest absolute Gasteiger partial charge is 0.407 e. The molecule has 0 aliphatic carbocycles. The number of nitriles is 1. The molecule has 1 aromatic carbocycles. The highest BCUT2D eigenvalue weighted by Gasteiger charge is 2.25. The van der Waals surface area contributed by atoms with Crippen molar-refractivity contribution in [2.24, 2.45) is 0 Å². The van der Waals surface area contributed by atoms with Gasteiger partial charge in [-0.05, 0) is 46.1 Å². The lowest BCUT2D eigenvalue weighted by atomic mass is 9.94. The summed E-state index contributed by atoms with van der Waals surface area (Å²) in [5, 5.41) is 14.7. The molecule has 0 spiro atoms. The highest BCUT2D eigenvalue weighted by atomic mass is 16.6. The summed E-state index contributed by atoms with van der Waals surface area (Å²) in [5.74, 6) is -0.284. The third-order valence-electron chi connectivity index (χ3n) is 3.44. The molecule has 1 unspecified atom stereocenters. The number of nitrogens with zero attached hydrogens (tertiary/aromatic N) is 1. The van der Waals surface area contributed by atoms with E-state index in [-0.39, 0.29) is 18.9 Å². The molecular weight excluding hydrogens is 318 g/mol. The van der Waals surface area contributed by atoms with Gasteiger partial charge in [-0.15, -0.1) is 0 Å². The summed E-state index contributed by atoms with van der Waals surface area (Å²) in [6.07, 6.45) is 0.731. The Labute approximate surface area is 149 Å². The van der Waals surface area contributed by atoms with Crippen LogP contribution in [0.2, 0.25) is 0 Å². The zero-order valence-electron chi connectivity index (χ0n) is 15.4. The maximum absolute atomic E-state index is 12.0. The standard InChI is InChI=1S/C19H27N3O3/c1-18(2,3)25-17(24)21-13-11-16(23)22-19(4,14-20)12-10-15-8-6-5-7-9-15/h5-9H,10-13H2,1-4H3,(H,21,24)(H,22,23). The number of nitrogens with one attached hydrogen (secondary N) is 2. The highest BCUT2D eigenvalue weighted by molar-refractivity contribution is 5.78. The predicted molar refractivity (Wildman–Crippen MR) is 95.8 cm³/mol. The first-order valence-electron chi connectivity index (χ1n) is 8.37. The molecule has 1 rings (SSSR count). The van der Waals surface area contributed by atoms with Crippen LogP contribution < -0.4 is 10.6 Å². The maximum atomic E-state index is 12.0. The second kappa shape index (κ2) is 9.07. The molecular formula is C19H27N3O3. The number of benzene rings is 1. The Bertz CT molecular complexity index is 617. The molecule has 0 fully saturated rings. The summed E-state index contributed by atoms with van der Waals surface area (Å²) >= 11 is 0. The Hall–Kier alpha value is -2.55. The van der Waals surface area contributed by atoms with Crippen LogP contribution in [-0.4, -0.2) is 29.7 Å². The molecule has 0 radical (unpaired) electrons. The molecule has 1 aromatic rings. The van der Waals surface area contributed by atoms with Crippen LogP contribution >= 0.6 is 0 Å². The summed E-state index contributed by atoms with van der Waals surface area (Å²) in [5.41, 5.74) is -0.410. The van der Waals surface area contributed by atoms with Crippen molar-refractivity contribution in [2.75, 3.05) is 6.54 Å². The van der Waals surface area contributed by atoms with E-state index < -0.39 is 17.2 Å². The fourth-order valence-corrected chi connectivity index (χ4v) is 2.15. The first-order chi connectivity index (χ1) is 11.6. The van der Waals surface area contributed by atoms with E-state index in [2.05, 4.69) is 16.7 Å². The van der Waals surface area contributed by atoms with Gasteiger partial charge in [-0.3, -0.25) is 4.79 Å². The van der Waals surface area contributed by atoms with Gasteiger partial charge in [0.25, 0.3) is 0 Å². The van der Waals surface area contributed by atoms with Crippen LogP contribution in [0.4, 0.5) is 4.79 Å². The number of rotatable bonds is 7. The number of alkyl carbamates (subject to hydrolysis) is 1. The van der Waals surface area contributed by atoms with E-state index in [1.54, 1.807) is 27.7 Å². The molecule has 0 aliphatic rings. The molecule has 6 heteroatoms. The fraction of sp³-hybridized carbons (Fsp3) is 0.526. The van der Waals surface area contributed by atoms with Gasteiger partial charge in [0.05, 0.1) is 6.07 Å². The zero-order valence-corrected chi connectivity index (χ0v) is 15.4. The second-order valence-electron chi connectivity index (χ2n) is 7.16. The molecule has 0 saturated carbocycles. The van der Waals surface area contributed by atoms with Gasteiger partial charge in [-0.1, -0.05) is 30.3 Å². The summed E-state index contributed by atoms with van der Waals surface area (Å²) in [6, 6.07) is 12.0. The minimum Gasteiger partial charge on any atom is -0.444 e. The van der Waals surface area contributed by atoms with Crippen molar-refractivity contribution in [3.8, 4) is 6.07 Å². The van der Waals surface area contributed by atoms with Crippen LogP contribution in [0.15, 0.2) is 30.3 Å². The summed E-state index contributed by atoms with van der Waals surface area (Å²) in [6.45, 7) is 7.16. The number of carbonyl (C=O) groups excluding carboxylic acids is 2. The van der Waals surface area contributed by atoms with Gasteiger partial charge in [0, 0.05) is 13.0 Å². The molecule has 1 atom stereocenters. The molecule has 136 valence electrons. The average Bonchev–Trinajstić information content (AvgIpc) is 2.52. The second-order valence-corrected chi connectivity index (χ2v) is 7.16. The van der Waals surface area contributed by atoms with Crippen LogP contribution in [0.5, 0.6) is 0 Å². The van der Waals surface area contributed by atoms with Crippen molar-refractivity contribution < 1.29 is 14.3 Å². The maximum Gasteiger partial charge on any atom is 0.407 e. The summed E-state index contributed by atoms with van der Waals surface area (Å²) in [4.78, 5) is 23.6. The SMILES string of the molecule is CC(C#N)(CCc1ccccc1)NC(=O)CCNC(=O)OC(C)(C)C. The van der Waals surface area contributed by atoms with Gasteiger partial charge in [-0.25, -0.2) is 4.79 Å². The van der Waals surface area contributed by atoms with Gasteiger partial charge in [0.15, 0.2) is 0 Å². The normalized spacial score (nSPS) is 13.2. The van der Waals surface area contributed by atoms with Gasteiger partial charge in [0.1, 0.15) is 11.1 Å². The van der Waals surface area contributed by atoms with Crippen LogP contribution in [-0.2, 0) is 16.0 Å². The molecule has 2 N–H and O–H groups in total.